The second-order valence-corrected chi connectivity index (χ2v) is 4.36. The molecule has 1 aromatic carbocycles. The third-order valence-corrected chi connectivity index (χ3v) is 2.95. The fourth-order valence-corrected chi connectivity index (χ4v) is 1.92. The minimum atomic E-state index is -0.685. The standard InChI is InChI=1S/C14H15F2N3O/c1-2-19-8-11(17)6-13(19)14(20)18-7-9-3-4-10(15)5-12(9)16/h3-6,8H,2,7,17H2,1H3,(H,18,20). The van der Waals surface area contributed by atoms with Gasteiger partial charge in [-0.2, -0.15) is 0 Å². The van der Waals surface area contributed by atoms with Gasteiger partial charge in [0.15, 0.2) is 0 Å². The van der Waals surface area contributed by atoms with E-state index in [0.29, 0.717) is 17.9 Å². The lowest BCUT2D eigenvalue weighted by atomic mass is 10.2. The van der Waals surface area contributed by atoms with Crippen LogP contribution in [0.2, 0.25) is 0 Å². The molecule has 1 aromatic heterocycles. The van der Waals surface area contributed by atoms with Gasteiger partial charge in [-0.25, -0.2) is 8.78 Å². The first kappa shape index (κ1) is 14.0. The van der Waals surface area contributed by atoms with Gasteiger partial charge in [0.2, 0.25) is 0 Å². The van der Waals surface area contributed by atoms with Crippen molar-refractivity contribution in [1.82, 2.24) is 9.88 Å². The van der Waals surface area contributed by atoms with Crippen LogP contribution in [0.5, 0.6) is 0 Å². The predicted octanol–water partition coefficient (Wildman–Crippen LogP) is 2.30. The number of nitrogens with one attached hydrogen (secondary N) is 1. The summed E-state index contributed by atoms with van der Waals surface area (Å²) in [5.74, 6) is -1.69. The van der Waals surface area contributed by atoms with E-state index in [1.54, 1.807) is 16.8 Å². The van der Waals surface area contributed by atoms with Crippen molar-refractivity contribution >= 4 is 11.6 Å². The number of hydrogen-bond donors (Lipinski definition) is 2. The molecule has 0 aliphatic carbocycles. The van der Waals surface area contributed by atoms with Gasteiger partial charge in [0.25, 0.3) is 5.91 Å². The van der Waals surface area contributed by atoms with Gasteiger partial charge < -0.3 is 15.6 Å². The highest BCUT2D eigenvalue weighted by Gasteiger charge is 2.12. The summed E-state index contributed by atoms with van der Waals surface area (Å²) in [7, 11) is 0. The number of aryl methyl sites for hydroxylation is 1. The van der Waals surface area contributed by atoms with Gasteiger partial charge in [0.1, 0.15) is 17.3 Å². The van der Waals surface area contributed by atoms with E-state index < -0.39 is 11.6 Å². The molecule has 20 heavy (non-hydrogen) atoms. The maximum absolute atomic E-state index is 13.4. The highest BCUT2D eigenvalue weighted by atomic mass is 19.1. The summed E-state index contributed by atoms with van der Waals surface area (Å²) in [5, 5.41) is 2.59. The number of halogens is 2. The molecule has 0 saturated heterocycles. The lowest BCUT2D eigenvalue weighted by Crippen LogP contribution is -2.25. The average Bonchev–Trinajstić information content (AvgIpc) is 2.78. The third-order valence-electron chi connectivity index (χ3n) is 2.95. The van der Waals surface area contributed by atoms with Gasteiger partial charge in [-0.15, -0.1) is 0 Å². The largest absolute Gasteiger partial charge is 0.397 e. The first-order valence-electron chi connectivity index (χ1n) is 6.19. The van der Waals surface area contributed by atoms with E-state index in [9.17, 15) is 13.6 Å². The number of aromatic nitrogens is 1. The molecule has 2 rings (SSSR count). The average molecular weight is 279 g/mol. The molecule has 0 aliphatic rings. The lowest BCUT2D eigenvalue weighted by Gasteiger charge is -2.08. The van der Waals surface area contributed by atoms with Crippen molar-refractivity contribution in [3.05, 3.63) is 53.4 Å². The molecular formula is C14H15F2N3O. The first-order chi connectivity index (χ1) is 9.51. The number of benzene rings is 1. The molecule has 0 bridgehead atoms. The Labute approximate surface area is 115 Å². The zero-order valence-electron chi connectivity index (χ0n) is 11.0. The van der Waals surface area contributed by atoms with E-state index in [-0.39, 0.29) is 18.0 Å². The van der Waals surface area contributed by atoms with Gasteiger partial charge in [0.05, 0.1) is 5.69 Å². The summed E-state index contributed by atoms with van der Waals surface area (Å²) in [5.41, 5.74) is 6.76. The second-order valence-electron chi connectivity index (χ2n) is 4.36. The Morgan fingerprint density at radius 1 is 1.35 bits per heavy atom. The van der Waals surface area contributed by atoms with Crippen molar-refractivity contribution in [2.24, 2.45) is 0 Å². The summed E-state index contributed by atoms with van der Waals surface area (Å²) >= 11 is 0. The highest BCUT2D eigenvalue weighted by Crippen LogP contribution is 2.12. The van der Waals surface area contributed by atoms with Crippen molar-refractivity contribution in [2.45, 2.75) is 20.0 Å². The molecular weight excluding hydrogens is 264 g/mol. The van der Waals surface area contributed by atoms with E-state index in [0.717, 1.165) is 12.1 Å². The number of nitrogens with zero attached hydrogens (tertiary/aromatic N) is 1. The Morgan fingerprint density at radius 3 is 2.75 bits per heavy atom. The van der Waals surface area contributed by atoms with Gasteiger partial charge in [-0.1, -0.05) is 6.07 Å². The van der Waals surface area contributed by atoms with Crippen molar-refractivity contribution in [2.75, 3.05) is 5.73 Å². The summed E-state index contributed by atoms with van der Waals surface area (Å²) in [6.45, 7) is 2.47. The number of nitrogen functional groups attached to an aromatic ring is 1. The van der Waals surface area contributed by atoms with Crippen LogP contribution in [-0.4, -0.2) is 10.5 Å². The number of carbonyl (C=O) groups is 1. The van der Waals surface area contributed by atoms with Crippen molar-refractivity contribution in [3.8, 4) is 0 Å². The SMILES string of the molecule is CCn1cc(N)cc1C(=O)NCc1ccc(F)cc1F. The minimum absolute atomic E-state index is 0.0141. The summed E-state index contributed by atoms with van der Waals surface area (Å²) in [6.07, 6.45) is 1.66. The van der Waals surface area contributed by atoms with Crippen LogP contribution in [0.3, 0.4) is 0 Å². The number of carbonyl (C=O) groups excluding carboxylic acids is 1. The molecule has 0 spiro atoms. The van der Waals surface area contributed by atoms with Gasteiger partial charge >= 0.3 is 0 Å². The quantitative estimate of drug-likeness (QED) is 0.902. The monoisotopic (exact) mass is 279 g/mol. The molecule has 1 heterocycles. The Kier molecular flexibility index (Phi) is 4.02. The van der Waals surface area contributed by atoms with Crippen molar-refractivity contribution in [1.29, 1.82) is 0 Å². The highest BCUT2D eigenvalue weighted by molar-refractivity contribution is 5.93. The molecule has 0 unspecified atom stereocenters. The molecule has 0 aliphatic heterocycles. The molecule has 106 valence electrons. The van der Waals surface area contributed by atoms with Crippen LogP contribution >= 0.6 is 0 Å². The zero-order valence-corrected chi connectivity index (χ0v) is 11.0. The van der Waals surface area contributed by atoms with Crippen LogP contribution in [0.25, 0.3) is 0 Å². The Morgan fingerprint density at radius 2 is 2.10 bits per heavy atom. The van der Waals surface area contributed by atoms with Crippen LogP contribution in [0.4, 0.5) is 14.5 Å². The molecule has 3 N–H and O–H groups in total. The van der Waals surface area contributed by atoms with E-state index in [1.807, 2.05) is 6.92 Å². The number of nitrogens with two attached hydrogens (primary N) is 1. The molecule has 4 nitrogen and oxygen atoms in total. The summed E-state index contributed by atoms with van der Waals surface area (Å²) < 4.78 is 27.9. The maximum Gasteiger partial charge on any atom is 0.268 e. The summed E-state index contributed by atoms with van der Waals surface area (Å²) in [6, 6.07) is 4.80. The first-order valence-corrected chi connectivity index (χ1v) is 6.19. The lowest BCUT2D eigenvalue weighted by molar-refractivity contribution is 0.0941. The fourth-order valence-electron chi connectivity index (χ4n) is 1.92. The smallest absolute Gasteiger partial charge is 0.268 e. The molecule has 0 radical (unpaired) electrons. The van der Waals surface area contributed by atoms with E-state index in [2.05, 4.69) is 5.32 Å². The molecule has 0 saturated carbocycles. The number of rotatable bonds is 4. The molecule has 6 heteroatoms. The minimum Gasteiger partial charge on any atom is -0.397 e. The van der Waals surface area contributed by atoms with Crippen LogP contribution in [0.1, 0.15) is 23.0 Å². The van der Waals surface area contributed by atoms with Crippen LogP contribution in [0, 0.1) is 11.6 Å². The number of amides is 1. The Balaban J connectivity index is 2.08. The third kappa shape index (κ3) is 2.96. The topological polar surface area (TPSA) is 60.0 Å². The van der Waals surface area contributed by atoms with E-state index >= 15 is 0 Å². The summed E-state index contributed by atoms with van der Waals surface area (Å²) in [4.78, 5) is 12.0. The van der Waals surface area contributed by atoms with Crippen LogP contribution in [-0.2, 0) is 13.1 Å². The van der Waals surface area contributed by atoms with E-state index in [1.165, 1.54) is 6.07 Å². The predicted molar refractivity (Wildman–Crippen MR) is 72.0 cm³/mol. The van der Waals surface area contributed by atoms with Crippen LogP contribution in [0.15, 0.2) is 30.5 Å². The zero-order chi connectivity index (χ0) is 14.7. The maximum atomic E-state index is 13.4. The van der Waals surface area contributed by atoms with Crippen molar-refractivity contribution in [3.63, 3.8) is 0 Å². The molecule has 0 atom stereocenters. The Hall–Kier alpha value is -2.37. The molecule has 1 amide bonds. The fraction of sp³-hybridized carbons (Fsp3) is 0.214. The van der Waals surface area contributed by atoms with Crippen LogP contribution < -0.4 is 11.1 Å². The second kappa shape index (κ2) is 5.73. The van der Waals surface area contributed by atoms with Gasteiger partial charge in [-0.3, -0.25) is 4.79 Å². The van der Waals surface area contributed by atoms with Gasteiger partial charge in [-0.05, 0) is 19.1 Å². The molecule has 0 fully saturated rings. The number of anilines is 1. The van der Waals surface area contributed by atoms with Gasteiger partial charge in [0, 0.05) is 30.9 Å². The van der Waals surface area contributed by atoms with Crippen molar-refractivity contribution < 1.29 is 13.6 Å². The Bertz CT molecular complexity index is 637. The molecule has 2 aromatic rings. The number of hydrogen-bond acceptors (Lipinski definition) is 2. The van der Waals surface area contributed by atoms with E-state index in [4.69, 9.17) is 5.73 Å². The normalized spacial score (nSPS) is 10.6.